The minimum absolute atomic E-state index is 0.0629. The Bertz CT molecular complexity index is 877. The predicted molar refractivity (Wildman–Crippen MR) is 107 cm³/mol. The highest BCUT2D eigenvalue weighted by molar-refractivity contribution is 5.77. The van der Waals surface area contributed by atoms with Crippen molar-refractivity contribution < 1.29 is 19.0 Å². The minimum Gasteiger partial charge on any atom is -0.497 e. The number of benzene rings is 2. The van der Waals surface area contributed by atoms with Gasteiger partial charge < -0.3 is 14.2 Å². The molecule has 146 valence electrons. The second kappa shape index (κ2) is 7.97. The van der Waals surface area contributed by atoms with Crippen molar-refractivity contribution in [2.75, 3.05) is 14.2 Å². The van der Waals surface area contributed by atoms with Crippen molar-refractivity contribution in [3.8, 4) is 11.5 Å². The van der Waals surface area contributed by atoms with Crippen LogP contribution in [0, 0.1) is 0 Å². The maximum atomic E-state index is 12.7. The molecule has 0 saturated carbocycles. The van der Waals surface area contributed by atoms with Gasteiger partial charge in [0.25, 0.3) is 0 Å². The van der Waals surface area contributed by atoms with Crippen molar-refractivity contribution in [1.29, 1.82) is 0 Å². The van der Waals surface area contributed by atoms with Crippen molar-refractivity contribution in [3.05, 3.63) is 65.7 Å². The zero-order chi connectivity index (χ0) is 19.5. The van der Waals surface area contributed by atoms with Gasteiger partial charge in [-0.2, -0.15) is 0 Å². The van der Waals surface area contributed by atoms with Gasteiger partial charge in [-0.3, -0.25) is 4.90 Å². The molecule has 1 fully saturated rings. The molecule has 2 aliphatic rings. The van der Waals surface area contributed by atoms with Gasteiger partial charge >= 0.3 is 6.09 Å². The molecule has 5 nitrogen and oxygen atoms in total. The molecule has 0 aromatic heterocycles. The monoisotopic (exact) mass is 379 g/mol. The van der Waals surface area contributed by atoms with Gasteiger partial charge in [0, 0.05) is 11.6 Å². The van der Waals surface area contributed by atoms with Crippen LogP contribution in [0.2, 0.25) is 0 Å². The largest absolute Gasteiger partial charge is 0.497 e. The fraction of sp³-hybridized carbons (Fsp3) is 0.348. The highest BCUT2D eigenvalue weighted by Crippen LogP contribution is 2.42. The second-order valence-corrected chi connectivity index (χ2v) is 7.21. The van der Waals surface area contributed by atoms with Crippen molar-refractivity contribution in [2.45, 2.75) is 38.0 Å². The van der Waals surface area contributed by atoms with E-state index < -0.39 is 0 Å². The first-order valence-corrected chi connectivity index (χ1v) is 9.61. The molecule has 2 aliphatic heterocycles. The minimum atomic E-state index is -0.232. The van der Waals surface area contributed by atoms with Crippen LogP contribution in [0.25, 0.3) is 5.57 Å². The van der Waals surface area contributed by atoms with Gasteiger partial charge in [0.05, 0.1) is 20.3 Å². The van der Waals surface area contributed by atoms with E-state index in [2.05, 4.69) is 6.08 Å². The summed E-state index contributed by atoms with van der Waals surface area (Å²) >= 11 is 0. The fourth-order valence-electron chi connectivity index (χ4n) is 4.17. The van der Waals surface area contributed by atoms with Gasteiger partial charge in [-0.05, 0) is 48.6 Å². The van der Waals surface area contributed by atoms with E-state index in [0.29, 0.717) is 6.61 Å². The summed E-state index contributed by atoms with van der Waals surface area (Å²) in [5, 5.41) is 0. The zero-order valence-corrected chi connectivity index (χ0v) is 16.3. The summed E-state index contributed by atoms with van der Waals surface area (Å²) in [6.45, 7) is 0.301. The SMILES string of the molecule is COc1ccc(OC)c(C2=CC3CCC(C2)N3C(=O)OCc2ccccc2)c1. The van der Waals surface area contributed by atoms with E-state index in [4.69, 9.17) is 14.2 Å². The Morgan fingerprint density at radius 1 is 1.07 bits per heavy atom. The number of amides is 1. The lowest BCUT2D eigenvalue weighted by Crippen LogP contribution is -2.43. The normalized spacial score (nSPS) is 20.5. The van der Waals surface area contributed by atoms with Crippen LogP contribution in [0.15, 0.2) is 54.6 Å². The van der Waals surface area contributed by atoms with Gasteiger partial charge in [0.15, 0.2) is 0 Å². The van der Waals surface area contributed by atoms with Crippen molar-refractivity contribution in [1.82, 2.24) is 4.90 Å². The molecular weight excluding hydrogens is 354 g/mol. The molecule has 2 aromatic rings. The van der Waals surface area contributed by atoms with E-state index in [1.807, 2.05) is 53.4 Å². The molecule has 0 aliphatic carbocycles. The molecule has 2 bridgehead atoms. The van der Waals surface area contributed by atoms with Crippen LogP contribution in [-0.4, -0.2) is 37.3 Å². The average Bonchev–Trinajstić information content (AvgIpc) is 3.01. The summed E-state index contributed by atoms with van der Waals surface area (Å²) in [4.78, 5) is 14.6. The standard InChI is InChI=1S/C23H25NO4/c1-26-20-10-11-22(27-2)21(14-20)17-12-18-8-9-19(13-17)24(18)23(25)28-15-16-6-4-3-5-7-16/h3-7,10-12,14,18-19H,8-9,13,15H2,1-2H3. The number of fused-ring (bicyclic) bond motifs is 2. The van der Waals surface area contributed by atoms with Crippen LogP contribution in [0.4, 0.5) is 4.79 Å². The molecular formula is C23H25NO4. The summed E-state index contributed by atoms with van der Waals surface area (Å²) in [7, 11) is 3.34. The van der Waals surface area contributed by atoms with E-state index >= 15 is 0 Å². The van der Waals surface area contributed by atoms with Gasteiger partial charge in [0.2, 0.25) is 0 Å². The van der Waals surface area contributed by atoms with Crippen LogP contribution in [0.5, 0.6) is 11.5 Å². The molecule has 4 rings (SSSR count). The first-order chi connectivity index (χ1) is 13.7. The summed E-state index contributed by atoms with van der Waals surface area (Å²) < 4.78 is 16.5. The number of hydrogen-bond acceptors (Lipinski definition) is 4. The van der Waals surface area contributed by atoms with Crippen molar-refractivity contribution >= 4 is 11.7 Å². The number of nitrogens with zero attached hydrogens (tertiary/aromatic N) is 1. The molecule has 2 heterocycles. The lowest BCUT2D eigenvalue weighted by molar-refractivity contribution is 0.0832. The van der Waals surface area contributed by atoms with Crippen LogP contribution in [0.3, 0.4) is 0 Å². The Kier molecular flexibility index (Phi) is 5.24. The average molecular weight is 379 g/mol. The van der Waals surface area contributed by atoms with E-state index in [-0.39, 0.29) is 18.2 Å². The third-order valence-corrected chi connectivity index (χ3v) is 5.56. The molecule has 5 heteroatoms. The second-order valence-electron chi connectivity index (χ2n) is 7.21. The Labute approximate surface area is 165 Å². The maximum absolute atomic E-state index is 12.7. The van der Waals surface area contributed by atoms with Crippen LogP contribution < -0.4 is 9.47 Å². The van der Waals surface area contributed by atoms with Crippen LogP contribution in [-0.2, 0) is 11.3 Å². The van der Waals surface area contributed by atoms with Crippen molar-refractivity contribution in [2.24, 2.45) is 0 Å². The summed E-state index contributed by atoms with van der Waals surface area (Å²) in [5.41, 5.74) is 3.24. The Balaban J connectivity index is 1.52. The Morgan fingerprint density at radius 3 is 2.61 bits per heavy atom. The quantitative estimate of drug-likeness (QED) is 0.758. The molecule has 0 spiro atoms. The number of methoxy groups -OCH3 is 2. The Morgan fingerprint density at radius 2 is 1.89 bits per heavy atom. The number of rotatable bonds is 5. The predicted octanol–water partition coefficient (Wildman–Crippen LogP) is 4.66. The van der Waals surface area contributed by atoms with Gasteiger partial charge in [0.1, 0.15) is 18.1 Å². The fourth-order valence-corrected chi connectivity index (χ4v) is 4.17. The number of ether oxygens (including phenoxy) is 3. The first kappa shape index (κ1) is 18.4. The van der Waals surface area contributed by atoms with Gasteiger partial charge in [-0.25, -0.2) is 4.79 Å². The van der Waals surface area contributed by atoms with E-state index in [0.717, 1.165) is 41.9 Å². The van der Waals surface area contributed by atoms with E-state index in [1.54, 1.807) is 14.2 Å². The molecule has 0 radical (unpaired) electrons. The van der Waals surface area contributed by atoms with E-state index in [1.165, 1.54) is 5.57 Å². The van der Waals surface area contributed by atoms with Crippen molar-refractivity contribution in [3.63, 3.8) is 0 Å². The van der Waals surface area contributed by atoms with Crippen LogP contribution in [0.1, 0.15) is 30.4 Å². The summed E-state index contributed by atoms with van der Waals surface area (Å²) in [6, 6.07) is 15.8. The molecule has 2 atom stereocenters. The number of carbonyl (C=O) groups excluding carboxylic acids is 1. The third-order valence-electron chi connectivity index (χ3n) is 5.56. The molecule has 2 aromatic carbocycles. The highest BCUT2D eigenvalue weighted by atomic mass is 16.6. The van der Waals surface area contributed by atoms with Crippen LogP contribution >= 0.6 is 0 Å². The lowest BCUT2D eigenvalue weighted by atomic mass is 9.94. The number of carbonyl (C=O) groups is 1. The maximum Gasteiger partial charge on any atom is 0.410 e. The first-order valence-electron chi connectivity index (χ1n) is 9.61. The smallest absolute Gasteiger partial charge is 0.410 e. The lowest BCUT2D eigenvalue weighted by Gasteiger charge is -2.33. The van der Waals surface area contributed by atoms with Gasteiger partial charge in [-0.1, -0.05) is 36.4 Å². The zero-order valence-electron chi connectivity index (χ0n) is 16.3. The molecule has 28 heavy (non-hydrogen) atoms. The molecule has 2 unspecified atom stereocenters. The molecule has 1 amide bonds. The topological polar surface area (TPSA) is 48.0 Å². The van der Waals surface area contributed by atoms with Gasteiger partial charge in [-0.15, -0.1) is 0 Å². The number of hydrogen-bond donors (Lipinski definition) is 0. The molecule has 0 N–H and O–H groups in total. The summed E-state index contributed by atoms with van der Waals surface area (Å²) in [5.74, 6) is 1.63. The third kappa shape index (κ3) is 3.57. The highest BCUT2D eigenvalue weighted by Gasteiger charge is 2.41. The Hall–Kier alpha value is -2.95. The summed E-state index contributed by atoms with van der Waals surface area (Å²) in [6.07, 6.45) is 4.69. The molecule has 1 saturated heterocycles. The van der Waals surface area contributed by atoms with E-state index in [9.17, 15) is 4.79 Å².